The second-order valence-electron chi connectivity index (χ2n) is 7.79. The van der Waals surface area contributed by atoms with E-state index in [9.17, 15) is 9.18 Å². The molecule has 4 aromatic rings. The molecule has 32 heavy (non-hydrogen) atoms. The summed E-state index contributed by atoms with van der Waals surface area (Å²) < 4.78 is 15.8. The van der Waals surface area contributed by atoms with Gasteiger partial charge < -0.3 is 21.3 Å². The highest BCUT2D eigenvalue weighted by atomic mass is 19.1. The van der Waals surface area contributed by atoms with Crippen molar-refractivity contribution in [3.05, 3.63) is 47.4 Å². The first-order valence-corrected chi connectivity index (χ1v) is 10.3. The number of piperazine rings is 1. The van der Waals surface area contributed by atoms with Gasteiger partial charge in [0, 0.05) is 35.7 Å². The summed E-state index contributed by atoms with van der Waals surface area (Å²) in [4.78, 5) is 27.2. The molecule has 0 bridgehead atoms. The fourth-order valence-electron chi connectivity index (χ4n) is 3.96. The Morgan fingerprint density at radius 3 is 2.91 bits per heavy atom. The van der Waals surface area contributed by atoms with E-state index in [4.69, 9.17) is 10.7 Å². The fourth-order valence-corrected chi connectivity index (χ4v) is 3.96. The molecule has 4 heterocycles. The first-order chi connectivity index (χ1) is 15.4. The van der Waals surface area contributed by atoms with Crippen LogP contribution in [0.1, 0.15) is 24.1 Å². The first kappa shape index (κ1) is 19.9. The highest BCUT2D eigenvalue weighted by Crippen LogP contribution is 2.32. The van der Waals surface area contributed by atoms with Crippen molar-refractivity contribution in [3.63, 3.8) is 0 Å². The third-order valence-corrected chi connectivity index (χ3v) is 5.61. The van der Waals surface area contributed by atoms with Gasteiger partial charge in [-0.05, 0) is 32.0 Å². The number of aryl methyl sites for hydroxylation is 1. The molecule has 1 saturated heterocycles. The Labute approximate surface area is 182 Å². The lowest BCUT2D eigenvalue weighted by Gasteiger charge is -2.31. The minimum absolute atomic E-state index is 0.0810. The Kier molecular flexibility index (Phi) is 4.72. The molecule has 0 radical (unpaired) electrons. The number of nitrogens with zero attached hydrogens (tertiary/aromatic N) is 6. The summed E-state index contributed by atoms with van der Waals surface area (Å²) in [5.74, 6) is 0.789. The van der Waals surface area contributed by atoms with Crippen LogP contribution in [0.4, 0.5) is 22.1 Å². The molecule has 3 aromatic heterocycles. The predicted octanol–water partition coefficient (Wildman–Crippen LogP) is 1.81. The van der Waals surface area contributed by atoms with E-state index >= 15 is 0 Å². The molecule has 164 valence electrons. The number of fused-ring (bicyclic) bond motifs is 2. The molecule has 1 unspecified atom stereocenters. The van der Waals surface area contributed by atoms with E-state index in [1.165, 1.54) is 6.07 Å². The molecular formula is C21H22FN9O. The van der Waals surface area contributed by atoms with E-state index in [0.717, 1.165) is 10.9 Å². The maximum absolute atomic E-state index is 14.2. The third kappa shape index (κ3) is 3.41. The summed E-state index contributed by atoms with van der Waals surface area (Å²) >= 11 is 0. The topological polar surface area (TPSA) is 126 Å². The van der Waals surface area contributed by atoms with Gasteiger partial charge in [0.25, 0.3) is 0 Å². The van der Waals surface area contributed by atoms with Gasteiger partial charge in [-0.3, -0.25) is 4.79 Å². The van der Waals surface area contributed by atoms with E-state index < -0.39 is 0 Å². The van der Waals surface area contributed by atoms with Gasteiger partial charge in [0.1, 0.15) is 11.6 Å². The number of pyridine rings is 1. The van der Waals surface area contributed by atoms with E-state index in [1.54, 1.807) is 29.8 Å². The van der Waals surface area contributed by atoms with Gasteiger partial charge in [0.15, 0.2) is 5.65 Å². The number of nitrogens with one attached hydrogen (secondary N) is 2. The SMILES string of the molecule is Cc1c(F)ccc2cc(C(C)Nc3nc(N)nc4ccnn34)c(N3CCNC(=O)C3)nc12. The van der Waals surface area contributed by atoms with E-state index in [1.807, 2.05) is 17.9 Å². The Morgan fingerprint density at radius 2 is 2.09 bits per heavy atom. The van der Waals surface area contributed by atoms with Crippen molar-refractivity contribution in [1.29, 1.82) is 0 Å². The van der Waals surface area contributed by atoms with Crippen LogP contribution in [0.25, 0.3) is 16.6 Å². The molecular weight excluding hydrogens is 413 g/mol. The smallest absolute Gasteiger partial charge is 0.239 e. The number of amides is 1. The van der Waals surface area contributed by atoms with Crippen molar-refractivity contribution >= 4 is 40.2 Å². The zero-order chi connectivity index (χ0) is 22.4. The molecule has 0 saturated carbocycles. The molecule has 10 nitrogen and oxygen atoms in total. The van der Waals surface area contributed by atoms with Gasteiger partial charge in [-0.15, -0.1) is 0 Å². The van der Waals surface area contributed by atoms with Crippen LogP contribution in [-0.2, 0) is 4.79 Å². The lowest BCUT2D eigenvalue weighted by atomic mass is 10.0. The summed E-state index contributed by atoms with van der Waals surface area (Å²) in [5.41, 5.74) is 8.32. The van der Waals surface area contributed by atoms with E-state index in [0.29, 0.717) is 41.6 Å². The number of carbonyl (C=O) groups excluding carboxylic acids is 1. The second kappa shape index (κ2) is 7.59. The average molecular weight is 435 g/mol. The number of halogens is 1. The number of hydrogen-bond donors (Lipinski definition) is 3. The number of nitrogen functional groups attached to an aromatic ring is 1. The van der Waals surface area contributed by atoms with Crippen LogP contribution in [0.3, 0.4) is 0 Å². The molecule has 4 N–H and O–H groups in total. The fraction of sp³-hybridized carbons (Fsp3) is 0.286. The molecule has 1 atom stereocenters. The van der Waals surface area contributed by atoms with Crippen LogP contribution in [0.15, 0.2) is 30.5 Å². The molecule has 1 aromatic carbocycles. The van der Waals surface area contributed by atoms with Gasteiger partial charge in [0.2, 0.25) is 17.8 Å². The molecule has 5 rings (SSSR count). The largest absolute Gasteiger partial charge is 0.368 e. The number of anilines is 3. The standard InChI is InChI=1S/C21H22FN9O/c1-11-15(22)4-3-13-9-14(19(28-18(11)13)30-8-7-24-17(32)10-30)12(2)26-21-29-20(23)27-16-5-6-25-31(16)21/h3-6,9,12H,7-8,10H2,1-2H3,(H,24,32)(H3,23,26,27,29). The number of benzene rings is 1. The Hall–Kier alpha value is -4.02. The number of nitrogens with two attached hydrogens (primary N) is 1. The summed E-state index contributed by atoms with van der Waals surface area (Å²) in [6, 6.07) is 6.58. The van der Waals surface area contributed by atoms with E-state index in [2.05, 4.69) is 25.7 Å². The Balaban J connectivity index is 1.62. The minimum atomic E-state index is -0.316. The van der Waals surface area contributed by atoms with Crippen molar-refractivity contribution in [2.75, 3.05) is 35.6 Å². The van der Waals surface area contributed by atoms with Gasteiger partial charge in [-0.1, -0.05) is 0 Å². The molecule has 11 heteroatoms. The van der Waals surface area contributed by atoms with Crippen molar-refractivity contribution in [3.8, 4) is 0 Å². The van der Waals surface area contributed by atoms with Crippen LogP contribution in [-0.4, -0.2) is 50.1 Å². The van der Waals surface area contributed by atoms with Crippen molar-refractivity contribution < 1.29 is 9.18 Å². The first-order valence-electron chi connectivity index (χ1n) is 10.3. The summed E-state index contributed by atoms with van der Waals surface area (Å²) in [6.07, 6.45) is 1.62. The average Bonchev–Trinajstić information content (AvgIpc) is 3.24. The zero-order valence-corrected chi connectivity index (χ0v) is 17.6. The number of hydrogen-bond acceptors (Lipinski definition) is 8. The number of aromatic nitrogens is 5. The highest BCUT2D eigenvalue weighted by Gasteiger charge is 2.24. The maximum atomic E-state index is 14.2. The summed E-state index contributed by atoms with van der Waals surface area (Å²) in [6.45, 7) is 4.95. The van der Waals surface area contributed by atoms with Crippen LogP contribution < -0.4 is 21.3 Å². The summed E-state index contributed by atoms with van der Waals surface area (Å²) in [5, 5.41) is 11.2. The van der Waals surface area contributed by atoms with Gasteiger partial charge in [0.05, 0.1) is 24.3 Å². The highest BCUT2D eigenvalue weighted by molar-refractivity contribution is 5.87. The lowest BCUT2D eigenvalue weighted by molar-refractivity contribution is -0.120. The molecule has 0 aliphatic carbocycles. The second-order valence-corrected chi connectivity index (χ2v) is 7.79. The Morgan fingerprint density at radius 1 is 1.25 bits per heavy atom. The van der Waals surface area contributed by atoms with Crippen molar-refractivity contribution in [1.82, 2.24) is 29.9 Å². The van der Waals surface area contributed by atoms with Crippen LogP contribution >= 0.6 is 0 Å². The van der Waals surface area contributed by atoms with Crippen molar-refractivity contribution in [2.45, 2.75) is 19.9 Å². The van der Waals surface area contributed by atoms with Crippen molar-refractivity contribution in [2.24, 2.45) is 0 Å². The number of carbonyl (C=O) groups is 1. The molecule has 1 aliphatic rings. The lowest BCUT2D eigenvalue weighted by Crippen LogP contribution is -2.48. The minimum Gasteiger partial charge on any atom is -0.368 e. The van der Waals surface area contributed by atoms with E-state index in [-0.39, 0.29) is 30.3 Å². The zero-order valence-electron chi connectivity index (χ0n) is 17.6. The van der Waals surface area contributed by atoms with Gasteiger partial charge >= 0.3 is 0 Å². The predicted molar refractivity (Wildman–Crippen MR) is 119 cm³/mol. The van der Waals surface area contributed by atoms with Crippen LogP contribution in [0, 0.1) is 12.7 Å². The molecule has 1 amide bonds. The maximum Gasteiger partial charge on any atom is 0.239 e. The van der Waals surface area contributed by atoms with Gasteiger partial charge in [-0.2, -0.15) is 19.6 Å². The van der Waals surface area contributed by atoms with Gasteiger partial charge in [-0.25, -0.2) is 9.37 Å². The Bertz CT molecular complexity index is 1350. The molecule has 1 fully saturated rings. The third-order valence-electron chi connectivity index (χ3n) is 5.61. The van der Waals surface area contributed by atoms with Crippen LogP contribution in [0.2, 0.25) is 0 Å². The normalized spacial score (nSPS) is 15.2. The van der Waals surface area contributed by atoms with Crippen LogP contribution in [0.5, 0.6) is 0 Å². The summed E-state index contributed by atoms with van der Waals surface area (Å²) in [7, 11) is 0. The molecule has 0 spiro atoms. The quantitative estimate of drug-likeness (QED) is 0.443. The number of rotatable bonds is 4. The monoisotopic (exact) mass is 435 g/mol. The molecule has 1 aliphatic heterocycles.